The van der Waals surface area contributed by atoms with E-state index in [9.17, 15) is 9.59 Å². The summed E-state index contributed by atoms with van der Waals surface area (Å²) in [6, 6.07) is 11.9. The van der Waals surface area contributed by atoms with E-state index in [2.05, 4.69) is 37.6 Å². The zero-order chi connectivity index (χ0) is 24.3. The fourth-order valence-corrected chi connectivity index (χ4v) is 4.06. The van der Waals surface area contributed by atoms with Crippen LogP contribution in [0.4, 0.5) is 5.69 Å². The highest BCUT2D eigenvalue weighted by Gasteiger charge is 2.26. The van der Waals surface area contributed by atoms with Crippen molar-refractivity contribution in [2.75, 3.05) is 71.9 Å². The standard InChI is InChI=1S/C25H36N6O3/c1-29(2)13-5-12-27-24(32)25(33)28-19-23(20-6-4-11-26-18-20)31-16-14-30(15-17-31)21-7-9-22(34-3)10-8-21/h4,6-11,18,23H,5,12-17,19H2,1-3H3,(H,27,32)(H,28,33)/t23-/m0/s1. The van der Waals surface area contributed by atoms with Crippen molar-refractivity contribution in [1.29, 1.82) is 0 Å². The molecular formula is C25H36N6O3. The lowest BCUT2D eigenvalue weighted by atomic mass is 10.1. The largest absolute Gasteiger partial charge is 0.497 e. The average Bonchev–Trinajstić information content (AvgIpc) is 2.87. The Labute approximate surface area is 202 Å². The van der Waals surface area contributed by atoms with Crippen LogP contribution in [0.2, 0.25) is 0 Å². The van der Waals surface area contributed by atoms with E-state index in [4.69, 9.17) is 4.74 Å². The zero-order valence-electron chi connectivity index (χ0n) is 20.4. The highest BCUT2D eigenvalue weighted by Crippen LogP contribution is 2.25. The molecule has 0 unspecified atom stereocenters. The first kappa shape index (κ1) is 25.5. The van der Waals surface area contributed by atoms with Gasteiger partial charge in [0.25, 0.3) is 0 Å². The molecule has 9 heteroatoms. The highest BCUT2D eigenvalue weighted by atomic mass is 16.5. The number of hydrogen-bond donors (Lipinski definition) is 2. The third kappa shape index (κ3) is 7.43. The molecule has 184 valence electrons. The van der Waals surface area contributed by atoms with Gasteiger partial charge in [-0.15, -0.1) is 0 Å². The second-order valence-electron chi connectivity index (χ2n) is 8.65. The fraction of sp³-hybridized carbons (Fsp3) is 0.480. The summed E-state index contributed by atoms with van der Waals surface area (Å²) in [7, 11) is 5.62. The molecule has 0 aliphatic carbocycles. The van der Waals surface area contributed by atoms with E-state index >= 15 is 0 Å². The Bertz CT molecular complexity index is 899. The molecule has 1 aromatic carbocycles. The minimum absolute atomic E-state index is 0.0581. The molecule has 2 N–H and O–H groups in total. The van der Waals surface area contributed by atoms with E-state index in [-0.39, 0.29) is 6.04 Å². The number of methoxy groups -OCH3 is 1. The Morgan fingerprint density at radius 2 is 1.76 bits per heavy atom. The first-order valence-corrected chi connectivity index (χ1v) is 11.7. The highest BCUT2D eigenvalue weighted by molar-refractivity contribution is 6.35. The molecule has 1 aliphatic rings. The molecular weight excluding hydrogens is 432 g/mol. The van der Waals surface area contributed by atoms with Gasteiger partial charge in [0.1, 0.15) is 5.75 Å². The fourth-order valence-electron chi connectivity index (χ4n) is 4.06. The second kappa shape index (κ2) is 12.9. The lowest BCUT2D eigenvalue weighted by Crippen LogP contribution is -2.51. The smallest absolute Gasteiger partial charge is 0.309 e. The van der Waals surface area contributed by atoms with Gasteiger partial charge in [-0.1, -0.05) is 6.07 Å². The van der Waals surface area contributed by atoms with E-state index < -0.39 is 11.8 Å². The van der Waals surface area contributed by atoms with Crippen LogP contribution in [-0.2, 0) is 9.59 Å². The molecule has 1 aromatic heterocycles. The molecule has 2 aromatic rings. The number of benzene rings is 1. The number of hydrogen-bond acceptors (Lipinski definition) is 7. The summed E-state index contributed by atoms with van der Waals surface area (Å²) in [5.74, 6) is -0.347. The van der Waals surface area contributed by atoms with Crippen LogP contribution in [0, 0.1) is 0 Å². The monoisotopic (exact) mass is 468 g/mol. The minimum atomic E-state index is -0.601. The summed E-state index contributed by atoms with van der Waals surface area (Å²) in [6.45, 7) is 5.07. The first-order chi connectivity index (χ1) is 16.5. The summed E-state index contributed by atoms with van der Waals surface area (Å²) in [4.78, 5) is 35.6. The molecule has 0 bridgehead atoms. The Morgan fingerprint density at radius 3 is 2.38 bits per heavy atom. The number of nitrogens with one attached hydrogen (secondary N) is 2. The van der Waals surface area contributed by atoms with Crippen molar-refractivity contribution in [2.45, 2.75) is 12.5 Å². The molecule has 34 heavy (non-hydrogen) atoms. The van der Waals surface area contributed by atoms with Crippen LogP contribution in [0.15, 0.2) is 48.8 Å². The van der Waals surface area contributed by atoms with Crippen molar-refractivity contribution in [3.8, 4) is 5.75 Å². The number of pyridine rings is 1. The number of nitrogens with zero attached hydrogens (tertiary/aromatic N) is 4. The lowest BCUT2D eigenvalue weighted by Gasteiger charge is -2.40. The van der Waals surface area contributed by atoms with Gasteiger partial charge in [-0.3, -0.25) is 19.5 Å². The predicted octanol–water partition coefficient (Wildman–Crippen LogP) is 1.14. The topological polar surface area (TPSA) is 90.0 Å². The van der Waals surface area contributed by atoms with E-state index in [0.29, 0.717) is 13.1 Å². The quantitative estimate of drug-likeness (QED) is 0.399. The molecule has 2 amide bonds. The van der Waals surface area contributed by atoms with E-state index in [1.165, 1.54) is 0 Å². The van der Waals surface area contributed by atoms with Gasteiger partial charge in [0.05, 0.1) is 13.2 Å². The number of anilines is 1. The molecule has 0 radical (unpaired) electrons. The Morgan fingerprint density at radius 1 is 1.06 bits per heavy atom. The van der Waals surface area contributed by atoms with Gasteiger partial charge >= 0.3 is 11.8 Å². The van der Waals surface area contributed by atoms with Crippen LogP contribution in [0.1, 0.15) is 18.0 Å². The number of carbonyl (C=O) groups is 2. The predicted molar refractivity (Wildman–Crippen MR) is 133 cm³/mol. The number of rotatable bonds is 10. The molecule has 1 fully saturated rings. The molecule has 2 heterocycles. The van der Waals surface area contributed by atoms with Gasteiger partial charge in [0, 0.05) is 57.3 Å². The Balaban J connectivity index is 1.56. The second-order valence-corrected chi connectivity index (χ2v) is 8.65. The van der Waals surface area contributed by atoms with E-state index in [1.54, 1.807) is 13.3 Å². The Hall–Kier alpha value is -3.17. The van der Waals surface area contributed by atoms with Crippen molar-refractivity contribution in [2.24, 2.45) is 0 Å². The number of amides is 2. The van der Waals surface area contributed by atoms with Gasteiger partial charge in [0.2, 0.25) is 0 Å². The van der Waals surface area contributed by atoms with Crippen LogP contribution in [0.25, 0.3) is 0 Å². The lowest BCUT2D eigenvalue weighted by molar-refractivity contribution is -0.139. The van der Waals surface area contributed by atoms with E-state index in [0.717, 1.165) is 56.1 Å². The maximum absolute atomic E-state index is 12.4. The van der Waals surface area contributed by atoms with Gasteiger partial charge in [-0.05, 0) is 63.0 Å². The first-order valence-electron chi connectivity index (χ1n) is 11.7. The van der Waals surface area contributed by atoms with Crippen LogP contribution >= 0.6 is 0 Å². The van der Waals surface area contributed by atoms with Crippen molar-refractivity contribution in [3.63, 3.8) is 0 Å². The summed E-state index contributed by atoms with van der Waals surface area (Å²) in [5.41, 5.74) is 2.18. The number of piperazine rings is 1. The van der Waals surface area contributed by atoms with Crippen LogP contribution in [0.5, 0.6) is 5.75 Å². The summed E-state index contributed by atoms with van der Waals surface area (Å²) < 4.78 is 5.26. The van der Waals surface area contributed by atoms with Crippen LogP contribution in [0.3, 0.4) is 0 Å². The van der Waals surface area contributed by atoms with Crippen LogP contribution < -0.4 is 20.3 Å². The van der Waals surface area contributed by atoms with Crippen molar-refractivity contribution in [1.82, 2.24) is 25.4 Å². The normalized spacial score (nSPS) is 15.1. The maximum Gasteiger partial charge on any atom is 0.309 e. The third-order valence-corrected chi connectivity index (χ3v) is 5.99. The molecule has 1 atom stereocenters. The SMILES string of the molecule is COc1ccc(N2CCN([C@@H](CNC(=O)C(=O)NCCCN(C)C)c3cccnc3)CC2)cc1. The molecule has 3 rings (SSSR count). The molecule has 1 aliphatic heterocycles. The number of ether oxygens (including phenoxy) is 1. The summed E-state index contributed by atoms with van der Waals surface area (Å²) in [5, 5.41) is 5.52. The van der Waals surface area contributed by atoms with Crippen molar-refractivity contribution < 1.29 is 14.3 Å². The van der Waals surface area contributed by atoms with Gasteiger partial charge in [0.15, 0.2) is 0 Å². The Kier molecular flexibility index (Phi) is 9.66. The minimum Gasteiger partial charge on any atom is -0.497 e. The van der Waals surface area contributed by atoms with Crippen LogP contribution in [-0.4, -0.2) is 93.6 Å². The number of carbonyl (C=O) groups excluding carboxylic acids is 2. The molecule has 0 spiro atoms. The third-order valence-electron chi connectivity index (χ3n) is 5.99. The maximum atomic E-state index is 12.4. The van der Waals surface area contributed by atoms with E-state index in [1.807, 2.05) is 49.5 Å². The number of aromatic nitrogens is 1. The zero-order valence-corrected chi connectivity index (χ0v) is 20.4. The average molecular weight is 469 g/mol. The van der Waals surface area contributed by atoms with Gasteiger partial charge in [-0.2, -0.15) is 0 Å². The molecule has 1 saturated heterocycles. The van der Waals surface area contributed by atoms with Crippen molar-refractivity contribution in [3.05, 3.63) is 54.4 Å². The van der Waals surface area contributed by atoms with Crippen molar-refractivity contribution >= 4 is 17.5 Å². The molecule has 0 saturated carbocycles. The van der Waals surface area contributed by atoms with Gasteiger partial charge < -0.3 is 25.2 Å². The summed E-state index contributed by atoms with van der Waals surface area (Å²) >= 11 is 0. The summed E-state index contributed by atoms with van der Waals surface area (Å²) in [6.07, 6.45) is 4.36. The van der Waals surface area contributed by atoms with Gasteiger partial charge in [-0.25, -0.2) is 0 Å². The molecule has 9 nitrogen and oxygen atoms in total.